The fraction of sp³-hybridized carbons (Fsp3) is 0.320. The Morgan fingerprint density at radius 3 is 2.54 bits per heavy atom. The summed E-state index contributed by atoms with van der Waals surface area (Å²) in [5.41, 5.74) is 2.50. The molecule has 0 radical (unpaired) electrons. The summed E-state index contributed by atoms with van der Waals surface area (Å²) in [6.07, 6.45) is 4.69. The summed E-state index contributed by atoms with van der Waals surface area (Å²) in [6.45, 7) is 1.63. The number of benzene rings is 2. The molecule has 37 heavy (non-hydrogen) atoms. The van der Waals surface area contributed by atoms with E-state index < -0.39 is 0 Å². The summed E-state index contributed by atoms with van der Waals surface area (Å²) in [5.74, 6) is 1.06. The van der Waals surface area contributed by atoms with Crippen molar-refractivity contribution in [2.24, 2.45) is 0 Å². The number of aromatic nitrogens is 2. The molecule has 5 rings (SSSR count). The van der Waals surface area contributed by atoms with Gasteiger partial charge in [0.25, 0.3) is 5.69 Å². The van der Waals surface area contributed by atoms with Gasteiger partial charge in [-0.2, -0.15) is 4.98 Å². The van der Waals surface area contributed by atoms with Crippen molar-refractivity contribution in [1.29, 1.82) is 0 Å². The molecule has 2 aliphatic rings. The summed E-state index contributed by atoms with van der Waals surface area (Å²) in [5, 5.41) is 15.1. The molecule has 1 saturated heterocycles. The van der Waals surface area contributed by atoms with Gasteiger partial charge in [0.2, 0.25) is 11.9 Å². The normalized spacial score (nSPS) is 15.4. The number of para-hydroxylation sites is 2. The maximum absolute atomic E-state index is 12.7. The van der Waals surface area contributed by atoms with Gasteiger partial charge < -0.3 is 24.8 Å². The minimum Gasteiger partial charge on any atom is -0.494 e. The second kappa shape index (κ2) is 10.2. The van der Waals surface area contributed by atoms with Crippen molar-refractivity contribution in [2.45, 2.75) is 19.3 Å². The van der Waals surface area contributed by atoms with Crippen molar-refractivity contribution < 1.29 is 14.5 Å². The Hall–Kier alpha value is -3.93. The number of rotatable bonds is 6. The number of anilines is 6. The van der Waals surface area contributed by atoms with E-state index in [0.717, 1.165) is 43.7 Å². The molecule has 11 nitrogen and oxygen atoms in total. The van der Waals surface area contributed by atoms with Gasteiger partial charge in [-0.05, 0) is 47.3 Å². The molecule has 0 saturated carbocycles. The summed E-state index contributed by atoms with van der Waals surface area (Å²) in [6, 6.07) is 10.7. The van der Waals surface area contributed by atoms with E-state index in [0.29, 0.717) is 27.4 Å². The van der Waals surface area contributed by atoms with Crippen LogP contribution in [0.1, 0.15) is 19.3 Å². The number of hydrogen-bond acceptors (Lipinski definition) is 9. The van der Waals surface area contributed by atoms with Gasteiger partial charge in [-0.1, -0.05) is 12.1 Å². The monoisotopic (exact) mass is 567 g/mol. The number of nitrogens with one attached hydrogen (secondary N) is 1. The first kappa shape index (κ1) is 24.8. The summed E-state index contributed by atoms with van der Waals surface area (Å²) >= 11 is 3.51. The molecule has 3 aromatic rings. The van der Waals surface area contributed by atoms with Gasteiger partial charge in [-0.3, -0.25) is 14.9 Å². The SMILES string of the molecule is COc1cc(N2CCCCC2)c([N+](=O)[O-])cc1Nc1ncc(Br)c(N2CC(=O)N(C)c3ccccc32)n1. The van der Waals surface area contributed by atoms with Crippen molar-refractivity contribution >= 4 is 62.0 Å². The van der Waals surface area contributed by atoms with Crippen molar-refractivity contribution in [1.82, 2.24) is 9.97 Å². The average molecular weight is 568 g/mol. The van der Waals surface area contributed by atoms with Crippen LogP contribution in [-0.2, 0) is 4.79 Å². The Morgan fingerprint density at radius 2 is 1.84 bits per heavy atom. The molecule has 1 fully saturated rings. The van der Waals surface area contributed by atoms with E-state index in [2.05, 4.69) is 31.2 Å². The molecule has 3 heterocycles. The fourth-order valence-electron chi connectivity index (χ4n) is 4.71. The van der Waals surface area contributed by atoms with Crippen LogP contribution in [0.4, 0.5) is 40.2 Å². The van der Waals surface area contributed by atoms with Gasteiger partial charge in [0.15, 0.2) is 5.82 Å². The van der Waals surface area contributed by atoms with Gasteiger partial charge >= 0.3 is 0 Å². The highest BCUT2D eigenvalue weighted by atomic mass is 79.9. The quantitative estimate of drug-likeness (QED) is 0.324. The van der Waals surface area contributed by atoms with Crippen LogP contribution in [0.5, 0.6) is 5.75 Å². The number of carbonyl (C=O) groups is 1. The van der Waals surface area contributed by atoms with Crippen LogP contribution < -0.4 is 24.8 Å². The van der Waals surface area contributed by atoms with E-state index in [1.807, 2.05) is 34.1 Å². The minimum atomic E-state index is -0.380. The summed E-state index contributed by atoms with van der Waals surface area (Å²) in [4.78, 5) is 38.8. The first-order valence-corrected chi connectivity index (χ1v) is 12.7. The van der Waals surface area contributed by atoms with Gasteiger partial charge in [0, 0.05) is 38.5 Å². The Bertz CT molecular complexity index is 1360. The van der Waals surface area contributed by atoms with E-state index in [1.54, 1.807) is 24.2 Å². The zero-order chi connectivity index (χ0) is 26.1. The second-order valence-corrected chi connectivity index (χ2v) is 9.72. The lowest BCUT2D eigenvalue weighted by molar-refractivity contribution is -0.384. The Kier molecular flexibility index (Phi) is 6.83. The molecule has 2 aromatic carbocycles. The maximum Gasteiger partial charge on any atom is 0.294 e. The number of nitro groups is 1. The Labute approximate surface area is 222 Å². The highest BCUT2D eigenvalue weighted by Gasteiger charge is 2.30. The number of piperidine rings is 1. The number of ether oxygens (including phenoxy) is 1. The topological polar surface area (TPSA) is 117 Å². The standard InChI is InChI=1S/C25H26BrN7O4/c1-30-18-8-4-5-9-19(18)32(15-23(30)34)24-16(26)14-27-25(29-24)28-17-12-21(33(35)36)20(13-22(17)37-2)31-10-6-3-7-11-31/h4-5,8-9,12-14H,3,6-7,10-11,15H2,1-2H3,(H,27,28,29). The molecule has 0 bridgehead atoms. The molecule has 0 atom stereocenters. The van der Waals surface area contributed by atoms with Gasteiger partial charge in [-0.15, -0.1) is 0 Å². The molecule has 1 N–H and O–H groups in total. The molecule has 192 valence electrons. The molecular weight excluding hydrogens is 542 g/mol. The summed E-state index contributed by atoms with van der Waals surface area (Å²) < 4.78 is 6.19. The lowest BCUT2D eigenvalue weighted by Gasteiger charge is -2.35. The van der Waals surface area contributed by atoms with Crippen LogP contribution >= 0.6 is 15.9 Å². The zero-order valence-corrected chi connectivity index (χ0v) is 22.1. The molecule has 1 aromatic heterocycles. The Balaban J connectivity index is 1.52. The number of nitro benzene ring substituents is 1. The van der Waals surface area contributed by atoms with E-state index in [-0.39, 0.29) is 29.0 Å². The number of methoxy groups -OCH3 is 1. The van der Waals surface area contributed by atoms with Crippen molar-refractivity contribution in [2.75, 3.05) is 53.8 Å². The minimum absolute atomic E-state index is 0.0128. The van der Waals surface area contributed by atoms with Crippen LogP contribution in [0.25, 0.3) is 0 Å². The highest BCUT2D eigenvalue weighted by Crippen LogP contribution is 2.42. The Morgan fingerprint density at radius 1 is 1.11 bits per heavy atom. The number of nitrogens with zero attached hydrogens (tertiary/aromatic N) is 6. The van der Waals surface area contributed by atoms with Crippen LogP contribution in [0.2, 0.25) is 0 Å². The lowest BCUT2D eigenvalue weighted by Crippen LogP contribution is -2.42. The number of amides is 1. The first-order chi connectivity index (χ1) is 17.9. The van der Waals surface area contributed by atoms with Gasteiger partial charge in [0.1, 0.15) is 18.0 Å². The smallest absolute Gasteiger partial charge is 0.294 e. The van der Waals surface area contributed by atoms with Crippen molar-refractivity contribution in [3.05, 3.63) is 57.2 Å². The third-order valence-corrected chi connectivity index (χ3v) is 7.18. The van der Waals surface area contributed by atoms with Crippen LogP contribution in [-0.4, -0.2) is 54.6 Å². The van der Waals surface area contributed by atoms with E-state index in [1.165, 1.54) is 13.2 Å². The molecule has 0 spiro atoms. The van der Waals surface area contributed by atoms with Crippen LogP contribution in [0.3, 0.4) is 0 Å². The fourth-order valence-corrected chi connectivity index (χ4v) is 5.12. The second-order valence-electron chi connectivity index (χ2n) is 8.86. The largest absolute Gasteiger partial charge is 0.494 e. The van der Waals surface area contributed by atoms with Crippen LogP contribution in [0, 0.1) is 10.1 Å². The maximum atomic E-state index is 12.7. The summed E-state index contributed by atoms with van der Waals surface area (Å²) in [7, 11) is 3.26. The first-order valence-electron chi connectivity index (χ1n) is 11.9. The number of hydrogen-bond donors (Lipinski definition) is 1. The number of fused-ring (bicyclic) bond motifs is 1. The van der Waals surface area contributed by atoms with Crippen molar-refractivity contribution in [3.63, 3.8) is 0 Å². The molecule has 1 amide bonds. The van der Waals surface area contributed by atoms with Gasteiger partial charge in [-0.25, -0.2) is 4.98 Å². The predicted octanol–water partition coefficient (Wildman–Crippen LogP) is 5.00. The third kappa shape index (κ3) is 4.76. The van der Waals surface area contributed by atoms with E-state index in [9.17, 15) is 14.9 Å². The molecule has 0 aliphatic carbocycles. The van der Waals surface area contributed by atoms with E-state index >= 15 is 0 Å². The molecular formula is C25H26BrN7O4. The molecule has 12 heteroatoms. The van der Waals surface area contributed by atoms with Crippen molar-refractivity contribution in [3.8, 4) is 5.75 Å². The lowest BCUT2D eigenvalue weighted by atomic mass is 10.1. The van der Waals surface area contributed by atoms with E-state index in [4.69, 9.17) is 4.74 Å². The number of likely N-dealkylation sites (N-methyl/N-ethyl adjacent to an activating group) is 1. The molecule has 2 aliphatic heterocycles. The average Bonchev–Trinajstić information content (AvgIpc) is 2.92. The third-order valence-electron chi connectivity index (χ3n) is 6.62. The molecule has 0 unspecified atom stereocenters. The number of carbonyl (C=O) groups excluding carboxylic acids is 1. The van der Waals surface area contributed by atoms with Gasteiger partial charge in [0.05, 0.1) is 33.6 Å². The zero-order valence-electron chi connectivity index (χ0n) is 20.5. The van der Waals surface area contributed by atoms with Crippen LogP contribution in [0.15, 0.2) is 47.1 Å². The highest BCUT2D eigenvalue weighted by molar-refractivity contribution is 9.10. The number of halogens is 1. The predicted molar refractivity (Wildman–Crippen MR) is 146 cm³/mol.